The first-order valence-corrected chi connectivity index (χ1v) is 10.3. The van der Waals surface area contributed by atoms with Gasteiger partial charge in [0.15, 0.2) is 0 Å². The number of carbonyl (C=O) groups excluding carboxylic acids is 3. The summed E-state index contributed by atoms with van der Waals surface area (Å²) in [5.41, 5.74) is 0. The third-order valence-corrected chi connectivity index (χ3v) is 4.91. The first-order chi connectivity index (χ1) is 13.2. The molecule has 0 bridgehead atoms. The van der Waals surface area contributed by atoms with Gasteiger partial charge in [-0.3, -0.25) is 9.59 Å². The highest BCUT2D eigenvalue weighted by molar-refractivity contribution is 6.01. The average Bonchev–Trinajstić information content (AvgIpc) is 3.28. The number of unbranched alkanes of at least 4 members (excludes halogenated alkanes) is 9. The number of hydroxylamine groups is 2. The van der Waals surface area contributed by atoms with Gasteiger partial charge in [0, 0.05) is 38.2 Å². The molecule has 0 aliphatic carbocycles. The first kappa shape index (κ1) is 21.2. The molecule has 1 aromatic heterocycles. The first-order valence-electron chi connectivity index (χ1n) is 10.3. The van der Waals surface area contributed by atoms with Crippen LogP contribution in [-0.4, -0.2) is 27.4 Å². The minimum absolute atomic E-state index is 0.138. The second-order valence-electron chi connectivity index (χ2n) is 7.25. The molecule has 2 heterocycles. The van der Waals surface area contributed by atoms with Gasteiger partial charge in [0.05, 0.1) is 0 Å². The Balaban J connectivity index is 1.34. The van der Waals surface area contributed by atoms with Gasteiger partial charge in [0.25, 0.3) is 11.8 Å². The average molecular weight is 376 g/mol. The molecule has 0 unspecified atom stereocenters. The lowest BCUT2D eigenvalue weighted by Crippen LogP contribution is -2.31. The van der Waals surface area contributed by atoms with Crippen LogP contribution in [0.5, 0.6) is 0 Å². The van der Waals surface area contributed by atoms with E-state index in [4.69, 9.17) is 4.84 Å². The Morgan fingerprint density at radius 2 is 1.26 bits per heavy atom. The van der Waals surface area contributed by atoms with Crippen LogP contribution < -0.4 is 0 Å². The van der Waals surface area contributed by atoms with Gasteiger partial charge in [0.1, 0.15) is 0 Å². The van der Waals surface area contributed by atoms with Crippen LogP contribution in [0.15, 0.2) is 24.5 Å². The molecular formula is C21H32N2O4. The summed E-state index contributed by atoms with van der Waals surface area (Å²) in [4.78, 5) is 39.2. The van der Waals surface area contributed by atoms with Crippen molar-refractivity contribution in [2.24, 2.45) is 0 Å². The van der Waals surface area contributed by atoms with E-state index in [0.717, 1.165) is 25.8 Å². The molecular weight excluding hydrogens is 344 g/mol. The van der Waals surface area contributed by atoms with Gasteiger partial charge in [-0.05, 0) is 25.0 Å². The lowest BCUT2D eigenvalue weighted by Gasteiger charge is -2.12. The van der Waals surface area contributed by atoms with E-state index >= 15 is 0 Å². The molecule has 2 amide bonds. The summed E-state index contributed by atoms with van der Waals surface area (Å²) in [5, 5.41) is 0.626. The van der Waals surface area contributed by atoms with Crippen molar-refractivity contribution in [3.05, 3.63) is 24.5 Å². The lowest BCUT2D eigenvalue weighted by atomic mass is 10.1. The predicted octanol–water partition coefficient (Wildman–Crippen LogP) is 4.39. The van der Waals surface area contributed by atoms with Crippen molar-refractivity contribution in [3.63, 3.8) is 0 Å². The molecule has 1 aliphatic heterocycles. The Morgan fingerprint density at radius 3 is 1.81 bits per heavy atom. The second kappa shape index (κ2) is 12.3. The van der Waals surface area contributed by atoms with Gasteiger partial charge in [-0.2, -0.15) is 0 Å². The molecule has 6 nitrogen and oxygen atoms in total. The quantitative estimate of drug-likeness (QED) is 0.357. The third-order valence-electron chi connectivity index (χ3n) is 4.91. The normalized spacial score (nSPS) is 14.1. The van der Waals surface area contributed by atoms with Crippen LogP contribution in [0.1, 0.15) is 83.5 Å². The minimum Gasteiger partial charge on any atom is -0.354 e. The van der Waals surface area contributed by atoms with Gasteiger partial charge in [-0.15, -0.1) is 5.06 Å². The topological polar surface area (TPSA) is 68.6 Å². The van der Waals surface area contributed by atoms with Crippen molar-refractivity contribution >= 4 is 17.8 Å². The van der Waals surface area contributed by atoms with Gasteiger partial charge in [-0.1, -0.05) is 51.4 Å². The molecule has 0 atom stereocenters. The molecule has 0 saturated carbocycles. The summed E-state index contributed by atoms with van der Waals surface area (Å²) in [6.45, 7) is 1.12. The number of imide groups is 1. The van der Waals surface area contributed by atoms with E-state index in [0.29, 0.717) is 5.06 Å². The van der Waals surface area contributed by atoms with Gasteiger partial charge in [0.2, 0.25) is 0 Å². The van der Waals surface area contributed by atoms with E-state index in [1.165, 1.54) is 44.9 Å². The zero-order valence-electron chi connectivity index (χ0n) is 16.2. The zero-order chi connectivity index (χ0) is 19.3. The fourth-order valence-corrected chi connectivity index (χ4v) is 3.30. The van der Waals surface area contributed by atoms with Crippen LogP contribution in [0, 0.1) is 0 Å². The van der Waals surface area contributed by atoms with E-state index in [1.807, 2.05) is 0 Å². The molecule has 27 heavy (non-hydrogen) atoms. The van der Waals surface area contributed by atoms with Crippen molar-refractivity contribution < 1.29 is 19.2 Å². The largest absolute Gasteiger partial charge is 0.354 e. The number of amides is 2. The van der Waals surface area contributed by atoms with E-state index in [1.54, 1.807) is 0 Å². The Hall–Kier alpha value is -2.11. The standard InChI is InChI=1S/C21H32N2O4/c24-19-14-15-20(25)23(19)27-21(26)13-9-7-5-3-1-2-4-6-8-10-16-22-17-11-12-18-22/h11-12,17-18H,1-10,13-16H2. The summed E-state index contributed by atoms with van der Waals surface area (Å²) in [6, 6.07) is 4.14. The number of rotatable bonds is 14. The van der Waals surface area contributed by atoms with Crippen LogP contribution in [0.4, 0.5) is 0 Å². The minimum atomic E-state index is -0.487. The molecule has 0 N–H and O–H groups in total. The highest BCUT2D eigenvalue weighted by Gasteiger charge is 2.32. The van der Waals surface area contributed by atoms with Crippen molar-refractivity contribution in [2.75, 3.05) is 0 Å². The number of carbonyl (C=O) groups is 3. The van der Waals surface area contributed by atoms with Crippen LogP contribution in [0.3, 0.4) is 0 Å². The molecule has 0 aromatic carbocycles. The molecule has 0 radical (unpaired) electrons. The Kier molecular flexibility index (Phi) is 9.66. The van der Waals surface area contributed by atoms with Crippen LogP contribution in [0.2, 0.25) is 0 Å². The van der Waals surface area contributed by atoms with E-state index < -0.39 is 17.8 Å². The summed E-state index contributed by atoms with van der Waals surface area (Å²) < 4.78 is 2.23. The van der Waals surface area contributed by atoms with Gasteiger partial charge < -0.3 is 9.40 Å². The number of hydrogen-bond acceptors (Lipinski definition) is 4. The number of aromatic nitrogens is 1. The maximum Gasteiger partial charge on any atom is 0.333 e. The summed E-state index contributed by atoms with van der Waals surface area (Å²) in [7, 11) is 0. The zero-order valence-corrected chi connectivity index (χ0v) is 16.2. The summed E-state index contributed by atoms with van der Waals surface area (Å²) in [5.74, 6) is -1.32. The predicted molar refractivity (Wildman–Crippen MR) is 102 cm³/mol. The highest BCUT2D eigenvalue weighted by Crippen LogP contribution is 2.15. The molecule has 6 heteroatoms. The Labute approximate surface area is 161 Å². The third kappa shape index (κ3) is 8.41. The number of aryl methyl sites for hydroxylation is 1. The molecule has 150 valence electrons. The molecule has 2 rings (SSSR count). The SMILES string of the molecule is O=C(CCCCCCCCCCCCn1cccc1)ON1C(=O)CCC1=O. The lowest BCUT2D eigenvalue weighted by molar-refractivity contribution is -0.197. The fraction of sp³-hybridized carbons (Fsp3) is 0.667. The maximum absolute atomic E-state index is 11.7. The van der Waals surface area contributed by atoms with Crippen molar-refractivity contribution in [1.82, 2.24) is 9.63 Å². The molecule has 0 spiro atoms. The Morgan fingerprint density at radius 1 is 0.778 bits per heavy atom. The monoisotopic (exact) mass is 376 g/mol. The summed E-state index contributed by atoms with van der Waals surface area (Å²) in [6.07, 6.45) is 16.5. The molecule has 1 aliphatic rings. The Bertz CT molecular complexity index is 567. The smallest absolute Gasteiger partial charge is 0.333 e. The van der Waals surface area contributed by atoms with E-state index in [2.05, 4.69) is 29.1 Å². The van der Waals surface area contributed by atoms with Crippen molar-refractivity contribution in [2.45, 2.75) is 90.0 Å². The molecule has 1 fully saturated rings. The van der Waals surface area contributed by atoms with Gasteiger partial charge in [-0.25, -0.2) is 4.79 Å². The molecule has 1 aromatic rings. The van der Waals surface area contributed by atoms with E-state index in [9.17, 15) is 14.4 Å². The highest BCUT2D eigenvalue weighted by atomic mass is 16.7. The van der Waals surface area contributed by atoms with Crippen molar-refractivity contribution in [1.29, 1.82) is 0 Å². The fourth-order valence-electron chi connectivity index (χ4n) is 3.30. The van der Waals surface area contributed by atoms with Crippen molar-refractivity contribution in [3.8, 4) is 0 Å². The number of nitrogens with zero attached hydrogens (tertiary/aromatic N) is 2. The van der Waals surface area contributed by atoms with Crippen LogP contribution >= 0.6 is 0 Å². The van der Waals surface area contributed by atoms with Crippen LogP contribution in [0.25, 0.3) is 0 Å². The number of hydrogen-bond donors (Lipinski definition) is 0. The maximum atomic E-state index is 11.7. The van der Waals surface area contributed by atoms with Crippen LogP contribution in [-0.2, 0) is 25.8 Å². The van der Waals surface area contributed by atoms with Gasteiger partial charge >= 0.3 is 5.97 Å². The summed E-state index contributed by atoms with van der Waals surface area (Å²) >= 11 is 0. The van der Waals surface area contributed by atoms with E-state index in [-0.39, 0.29) is 19.3 Å². The molecule has 1 saturated heterocycles. The second-order valence-corrected chi connectivity index (χ2v) is 7.25.